The molecule has 1 aromatic carbocycles. The Labute approximate surface area is 178 Å². The van der Waals surface area contributed by atoms with Crippen LogP contribution in [0.4, 0.5) is 10.5 Å². The number of likely N-dealkylation sites (tertiary alicyclic amines) is 1. The first kappa shape index (κ1) is 21.7. The van der Waals surface area contributed by atoms with Gasteiger partial charge in [-0.15, -0.1) is 11.3 Å². The molecule has 0 saturated carbocycles. The van der Waals surface area contributed by atoms with Gasteiger partial charge in [0.2, 0.25) is 0 Å². The Kier molecular flexibility index (Phi) is 7.95. The molecular formula is C23H33N3O2S. The van der Waals surface area contributed by atoms with E-state index >= 15 is 0 Å². The lowest BCUT2D eigenvalue weighted by atomic mass is 10.0. The quantitative estimate of drug-likeness (QED) is 0.631. The van der Waals surface area contributed by atoms with Crippen molar-refractivity contribution in [2.75, 3.05) is 32.1 Å². The van der Waals surface area contributed by atoms with Crippen molar-refractivity contribution in [2.24, 2.45) is 0 Å². The Morgan fingerprint density at radius 1 is 1.28 bits per heavy atom. The Bertz CT molecular complexity index is 775. The number of hydrogen-bond acceptors (Lipinski definition) is 4. The number of piperidine rings is 1. The first-order valence-electron chi connectivity index (χ1n) is 10.5. The van der Waals surface area contributed by atoms with E-state index < -0.39 is 0 Å². The van der Waals surface area contributed by atoms with Crippen LogP contribution in [0.3, 0.4) is 0 Å². The Balaban J connectivity index is 1.61. The minimum absolute atomic E-state index is 0.0466. The molecule has 2 heterocycles. The second-order valence-electron chi connectivity index (χ2n) is 7.84. The summed E-state index contributed by atoms with van der Waals surface area (Å²) in [5, 5.41) is 5.14. The summed E-state index contributed by atoms with van der Waals surface area (Å²) in [6, 6.07) is 10.2. The van der Waals surface area contributed by atoms with Crippen LogP contribution >= 0.6 is 11.3 Å². The number of rotatable bonds is 8. The Morgan fingerprint density at radius 3 is 2.72 bits per heavy atom. The molecule has 6 heteroatoms. The molecule has 0 bridgehead atoms. The maximum atomic E-state index is 13.0. The van der Waals surface area contributed by atoms with E-state index in [0.29, 0.717) is 12.6 Å². The highest BCUT2D eigenvalue weighted by Crippen LogP contribution is 2.21. The van der Waals surface area contributed by atoms with Crippen molar-refractivity contribution < 1.29 is 9.53 Å². The van der Waals surface area contributed by atoms with Gasteiger partial charge in [0.1, 0.15) is 5.75 Å². The maximum Gasteiger partial charge on any atom is 0.322 e. The molecule has 1 unspecified atom stereocenters. The topological polar surface area (TPSA) is 44.8 Å². The van der Waals surface area contributed by atoms with E-state index in [4.69, 9.17) is 4.74 Å². The number of carbonyl (C=O) groups excluding carboxylic acids is 1. The summed E-state index contributed by atoms with van der Waals surface area (Å²) in [6.07, 6.45) is 4.91. The number of anilines is 1. The predicted molar refractivity (Wildman–Crippen MR) is 121 cm³/mol. The number of nitrogens with one attached hydrogen (secondary N) is 1. The highest BCUT2D eigenvalue weighted by Gasteiger charge is 2.20. The van der Waals surface area contributed by atoms with E-state index in [1.807, 2.05) is 29.2 Å². The van der Waals surface area contributed by atoms with Gasteiger partial charge in [0, 0.05) is 29.7 Å². The second-order valence-corrected chi connectivity index (χ2v) is 8.84. The van der Waals surface area contributed by atoms with Gasteiger partial charge >= 0.3 is 6.03 Å². The average Bonchev–Trinajstić information content (AvgIpc) is 3.13. The Morgan fingerprint density at radius 2 is 2.07 bits per heavy atom. The molecular weight excluding hydrogens is 382 g/mol. The predicted octanol–water partition coefficient (Wildman–Crippen LogP) is 5.36. The van der Waals surface area contributed by atoms with Crippen LogP contribution in [0.25, 0.3) is 0 Å². The van der Waals surface area contributed by atoms with Crippen molar-refractivity contribution in [3.63, 3.8) is 0 Å². The molecule has 2 amide bonds. The molecule has 3 rings (SSSR count). The van der Waals surface area contributed by atoms with E-state index in [1.165, 1.54) is 36.2 Å². The lowest BCUT2D eigenvalue weighted by molar-refractivity contribution is 0.150. The molecule has 1 aliphatic rings. The number of nitrogens with zero attached hydrogens (tertiary/aromatic N) is 2. The zero-order valence-electron chi connectivity index (χ0n) is 17.8. The third-order valence-corrected chi connectivity index (χ3v) is 6.75. The monoisotopic (exact) mass is 415 g/mol. The number of ether oxygens (including phenoxy) is 1. The number of carbonyl (C=O) groups is 1. The van der Waals surface area contributed by atoms with Gasteiger partial charge < -0.3 is 19.9 Å². The third-order valence-electron chi connectivity index (χ3n) is 5.75. The van der Waals surface area contributed by atoms with Crippen LogP contribution in [-0.2, 0) is 6.54 Å². The molecule has 1 aromatic heterocycles. The van der Waals surface area contributed by atoms with Crippen LogP contribution in [-0.4, -0.2) is 48.6 Å². The molecule has 1 atom stereocenters. The van der Waals surface area contributed by atoms with Crippen LogP contribution in [0.5, 0.6) is 5.75 Å². The third kappa shape index (κ3) is 6.21. The van der Waals surface area contributed by atoms with Crippen molar-refractivity contribution in [3.05, 3.63) is 46.2 Å². The van der Waals surface area contributed by atoms with E-state index in [9.17, 15) is 4.79 Å². The minimum Gasteiger partial charge on any atom is -0.497 e. The van der Waals surface area contributed by atoms with Crippen molar-refractivity contribution in [2.45, 2.75) is 52.1 Å². The first-order chi connectivity index (χ1) is 14.1. The van der Waals surface area contributed by atoms with Crippen molar-refractivity contribution in [3.8, 4) is 5.75 Å². The molecule has 1 aliphatic heterocycles. The summed E-state index contributed by atoms with van der Waals surface area (Å²) in [5.41, 5.74) is 2.04. The van der Waals surface area contributed by atoms with Crippen LogP contribution in [0.2, 0.25) is 0 Å². The van der Waals surface area contributed by atoms with Crippen molar-refractivity contribution >= 4 is 23.1 Å². The van der Waals surface area contributed by atoms with Gasteiger partial charge in [0.25, 0.3) is 0 Å². The number of hydrogen-bond donors (Lipinski definition) is 1. The van der Waals surface area contributed by atoms with Crippen molar-refractivity contribution in [1.29, 1.82) is 0 Å². The molecule has 1 saturated heterocycles. The standard InChI is InChI=1S/C23H33N3O2S/c1-18-12-16-29-22(18)17-26(15-6-14-25-13-5-4-7-19(25)2)23(27)24-20-8-10-21(28-3)11-9-20/h8-12,16,19H,4-7,13-15,17H2,1-3H3,(H,24,27). The number of aryl methyl sites for hydroxylation is 1. The fourth-order valence-electron chi connectivity index (χ4n) is 3.82. The van der Waals surface area contributed by atoms with Gasteiger partial charge in [-0.05, 0) is 80.9 Å². The Hall–Kier alpha value is -2.05. The maximum absolute atomic E-state index is 13.0. The van der Waals surface area contributed by atoms with Crippen LogP contribution in [0.1, 0.15) is 43.0 Å². The second kappa shape index (κ2) is 10.6. The SMILES string of the molecule is COc1ccc(NC(=O)N(CCCN2CCCCC2C)Cc2sccc2C)cc1. The molecule has 29 heavy (non-hydrogen) atoms. The van der Waals surface area contributed by atoms with Gasteiger partial charge in [-0.1, -0.05) is 6.42 Å². The van der Waals surface area contributed by atoms with Gasteiger partial charge in [-0.3, -0.25) is 0 Å². The lowest BCUT2D eigenvalue weighted by Crippen LogP contribution is -2.40. The molecule has 2 aromatic rings. The number of amides is 2. The summed E-state index contributed by atoms with van der Waals surface area (Å²) < 4.78 is 5.20. The summed E-state index contributed by atoms with van der Waals surface area (Å²) in [5.74, 6) is 0.782. The van der Waals surface area contributed by atoms with Crippen LogP contribution in [0.15, 0.2) is 35.7 Å². The number of thiophene rings is 1. The first-order valence-corrected chi connectivity index (χ1v) is 11.4. The fraction of sp³-hybridized carbons (Fsp3) is 0.522. The number of urea groups is 1. The summed E-state index contributed by atoms with van der Waals surface area (Å²) in [4.78, 5) is 18.8. The molecule has 0 aliphatic carbocycles. The molecule has 1 fully saturated rings. The van der Waals surface area contributed by atoms with Gasteiger partial charge in [-0.25, -0.2) is 4.79 Å². The number of benzene rings is 1. The molecule has 0 radical (unpaired) electrons. The molecule has 5 nitrogen and oxygen atoms in total. The smallest absolute Gasteiger partial charge is 0.322 e. The fourth-order valence-corrected chi connectivity index (χ4v) is 4.74. The summed E-state index contributed by atoms with van der Waals surface area (Å²) >= 11 is 1.72. The minimum atomic E-state index is -0.0466. The van der Waals surface area contributed by atoms with Gasteiger partial charge in [0.15, 0.2) is 0 Å². The van der Waals surface area contributed by atoms with E-state index in [2.05, 4.69) is 35.5 Å². The lowest BCUT2D eigenvalue weighted by Gasteiger charge is -2.34. The van der Waals surface area contributed by atoms with Gasteiger partial charge in [-0.2, -0.15) is 0 Å². The zero-order chi connectivity index (χ0) is 20.6. The largest absolute Gasteiger partial charge is 0.497 e. The van der Waals surface area contributed by atoms with E-state index in [-0.39, 0.29) is 6.03 Å². The summed E-state index contributed by atoms with van der Waals surface area (Å²) in [6.45, 7) is 8.08. The van der Waals surface area contributed by atoms with E-state index in [0.717, 1.165) is 30.9 Å². The van der Waals surface area contributed by atoms with Crippen LogP contribution < -0.4 is 10.1 Å². The normalized spacial score (nSPS) is 17.1. The summed E-state index contributed by atoms with van der Waals surface area (Å²) in [7, 11) is 1.64. The highest BCUT2D eigenvalue weighted by molar-refractivity contribution is 7.10. The zero-order valence-corrected chi connectivity index (χ0v) is 18.6. The molecule has 0 spiro atoms. The van der Waals surface area contributed by atoms with Crippen LogP contribution in [0, 0.1) is 6.92 Å². The van der Waals surface area contributed by atoms with Crippen molar-refractivity contribution in [1.82, 2.24) is 9.80 Å². The average molecular weight is 416 g/mol. The highest BCUT2D eigenvalue weighted by atomic mass is 32.1. The number of methoxy groups -OCH3 is 1. The molecule has 1 N–H and O–H groups in total. The molecule has 158 valence electrons. The van der Waals surface area contributed by atoms with Gasteiger partial charge in [0.05, 0.1) is 13.7 Å². The van der Waals surface area contributed by atoms with E-state index in [1.54, 1.807) is 18.4 Å².